The Labute approximate surface area is 182 Å². The number of amides is 3. The molecule has 0 saturated carbocycles. The van der Waals surface area contributed by atoms with Crippen LogP contribution in [0.15, 0.2) is 72.8 Å². The molecule has 6 nitrogen and oxygen atoms in total. The number of nitrogens with one attached hydrogen (secondary N) is 3. The number of anilines is 1. The van der Waals surface area contributed by atoms with Crippen molar-refractivity contribution in [2.24, 2.45) is 0 Å². The van der Waals surface area contributed by atoms with Crippen molar-refractivity contribution in [2.75, 3.05) is 19.0 Å². The molecule has 160 valence electrons. The van der Waals surface area contributed by atoms with Crippen LogP contribution in [0.2, 0.25) is 0 Å². The van der Waals surface area contributed by atoms with E-state index in [-0.39, 0.29) is 12.6 Å². The van der Waals surface area contributed by atoms with E-state index in [0.29, 0.717) is 5.69 Å². The van der Waals surface area contributed by atoms with Gasteiger partial charge >= 0.3 is 6.03 Å². The second-order valence-electron chi connectivity index (χ2n) is 7.32. The first-order valence-electron chi connectivity index (χ1n) is 10.1. The van der Waals surface area contributed by atoms with Gasteiger partial charge in [0.1, 0.15) is 5.75 Å². The van der Waals surface area contributed by atoms with Gasteiger partial charge < -0.3 is 10.1 Å². The van der Waals surface area contributed by atoms with Crippen molar-refractivity contribution in [3.63, 3.8) is 0 Å². The van der Waals surface area contributed by atoms with E-state index in [0.717, 1.165) is 28.0 Å². The zero-order chi connectivity index (χ0) is 22.2. The van der Waals surface area contributed by atoms with Crippen molar-refractivity contribution >= 4 is 17.6 Å². The molecule has 0 aliphatic heterocycles. The molecule has 3 aromatic carbocycles. The third kappa shape index (κ3) is 6.17. The summed E-state index contributed by atoms with van der Waals surface area (Å²) in [5, 5.41) is 8.34. The van der Waals surface area contributed by atoms with Crippen LogP contribution in [0.5, 0.6) is 5.75 Å². The highest BCUT2D eigenvalue weighted by Crippen LogP contribution is 2.24. The molecule has 1 atom stereocenters. The Kier molecular flexibility index (Phi) is 7.40. The summed E-state index contributed by atoms with van der Waals surface area (Å²) in [7, 11) is 1.62. The normalized spacial score (nSPS) is 11.5. The number of hydrogen-bond acceptors (Lipinski definition) is 4. The maximum atomic E-state index is 12.4. The molecule has 3 aromatic rings. The van der Waals surface area contributed by atoms with Crippen LogP contribution in [0.3, 0.4) is 0 Å². The van der Waals surface area contributed by atoms with Crippen LogP contribution in [0, 0.1) is 13.8 Å². The fourth-order valence-electron chi connectivity index (χ4n) is 3.34. The first kappa shape index (κ1) is 22.1. The molecule has 0 spiro atoms. The minimum atomic E-state index is -0.556. The van der Waals surface area contributed by atoms with Gasteiger partial charge in [0.05, 0.1) is 19.7 Å². The second kappa shape index (κ2) is 10.4. The molecule has 0 aliphatic rings. The van der Waals surface area contributed by atoms with Crippen molar-refractivity contribution < 1.29 is 14.3 Å². The lowest BCUT2D eigenvalue weighted by molar-refractivity contribution is -0.119. The number of hydrogen-bond donors (Lipinski definition) is 3. The standard InChI is InChI=1S/C25H27N3O3/c1-17-9-14-22(18(2)15-17)27-25(30)28-23(29)16-26-24(19-7-5-4-6-8-19)20-10-12-21(31-3)13-11-20/h4-15,24,26H,16H2,1-3H3,(H2,27,28,29,30)/t24-/m0/s1. The number of carbonyl (C=O) groups excluding carboxylic acids is 2. The molecule has 0 radical (unpaired) electrons. The Bertz CT molecular complexity index is 1030. The van der Waals surface area contributed by atoms with E-state index >= 15 is 0 Å². The zero-order valence-electron chi connectivity index (χ0n) is 17.9. The first-order chi connectivity index (χ1) is 15.0. The van der Waals surface area contributed by atoms with E-state index in [1.165, 1.54) is 0 Å². The summed E-state index contributed by atoms with van der Waals surface area (Å²) in [4.78, 5) is 24.6. The largest absolute Gasteiger partial charge is 0.497 e. The van der Waals surface area contributed by atoms with Gasteiger partial charge in [-0.05, 0) is 48.7 Å². The summed E-state index contributed by atoms with van der Waals surface area (Å²) >= 11 is 0. The topological polar surface area (TPSA) is 79.5 Å². The molecule has 6 heteroatoms. The molecule has 3 N–H and O–H groups in total. The zero-order valence-corrected chi connectivity index (χ0v) is 17.9. The van der Waals surface area contributed by atoms with Crippen LogP contribution < -0.4 is 20.7 Å². The van der Waals surface area contributed by atoms with Gasteiger partial charge in [-0.25, -0.2) is 4.79 Å². The number of rotatable bonds is 7. The number of benzene rings is 3. The van der Waals surface area contributed by atoms with Gasteiger partial charge in [-0.15, -0.1) is 0 Å². The van der Waals surface area contributed by atoms with Crippen molar-refractivity contribution in [3.8, 4) is 5.75 Å². The smallest absolute Gasteiger partial charge is 0.325 e. The first-order valence-corrected chi connectivity index (χ1v) is 10.1. The van der Waals surface area contributed by atoms with E-state index in [4.69, 9.17) is 4.74 Å². The van der Waals surface area contributed by atoms with Crippen molar-refractivity contribution in [1.29, 1.82) is 0 Å². The van der Waals surface area contributed by atoms with Crippen molar-refractivity contribution in [2.45, 2.75) is 19.9 Å². The Hall–Kier alpha value is -3.64. The van der Waals surface area contributed by atoms with Gasteiger partial charge in [0.25, 0.3) is 0 Å². The molecule has 0 fully saturated rings. The van der Waals surface area contributed by atoms with Gasteiger partial charge in [-0.1, -0.05) is 60.2 Å². The predicted molar refractivity (Wildman–Crippen MR) is 122 cm³/mol. The maximum Gasteiger partial charge on any atom is 0.325 e. The Morgan fingerprint density at radius 2 is 1.58 bits per heavy atom. The van der Waals surface area contributed by atoms with E-state index in [1.807, 2.05) is 86.6 Å². The molecule has 0 unspecified atom stereocenters. The third-order valence-corrected chi connectivity index (χ3v) is 4.93. The number of imide groups is 1. The monoisotopic (exact) mass is 417 g/mol. The molecular formula is C25H27N3O3. The van der Waals surface area contributed by atoms with E-state index in [9.17, 15) is 9.59 Å². The van der Waals surface area contributed by atoms with Gasteiger partial charge in [0.2, 0.25) is 5.91 Å². The summed E-state index contributed by atoms with van der Waals surface area (Å²) in [6, 6.07) is 22.4. The molecule has 0 aliphatic carbocycles. The van der Waals surface area contributed by atoms with Gasteiger partial charge in [-0.3, -0.25) is 15.4 Å². The molecular weight excluding hydrogens is 390 g/mol. The third-order valence-electron chi connectivity index (χ3n) is 4.93. The molecule has 3 amide bonds. The minimum Gasteiger partial charge on any atom is -0.497 e. The lowest BCUT2D eigenvalue weighted by atomic mass is 9.98. The van der Waals surface area contributed by atoms with Crippen LogP contribution in [0.4, 0.5) is 10.5 Å². The highest BCUT2D eigenvalue weighted by atomic mass is 16.5. The molecule has 0 saturated heterocycles. The molecule has 0 heterocycles. The van der Waals surface area contributed by atoms with Crippen LogP contribution in [-0.2, 0) is 4.79 Å². The number of carbonyl (C=O) groups is 2. The van der Waals surface area contributed by atoms with Crippen LogP contribution in [0.1, 0.15) is 28.3 Å². The van der Waals surface area contributed by atoms with Gasteiger partial charge in [0, 0.05) is 5.69 Å². The molecule has 0 bridgehead atoms. The highest BCUT2D eigenvalue weighted by molar-refractivity contribution is 6.02. The Balaban J connectivity index is 1.63. The van der Waals surface area contributed by atoms with Crippen LogP contribution in [0.25, 0.3) is 0 Å². The van der Waals surface area contributed by atoms with Crippen molar-refractivity contribution in [1.82, 2.24) is 10.6 Å². The number of methoxy groups -OCH3 is 1. The SMILES string of the molecule is COc1ccc([C@@H](NCC(=O)NC(=O)Nc2ccc(C)cc2C)c2ccccc2)cc1. The fraction of sp³-hybridized carbons (Fsp3) is 0.200. The van der Waals surface area contributed by atoms with E-state index < -0.39 is 11.9 Å². The lowest BCUT2D eigenvalue weighted by Crippen LogP contribution is -2.41. The van der Waals surface area contributed by atoms with Crippen LogP contribution >= 0.6 is 0 Å². The minimum absolute atomic E-state index is 0.0219. The Morgan fingerprint density at radius 3 is 2.23 bits per heavy atom. The number of urea groups is 1. The van der Waals surface area contributed by atoms with E-state index in [2.05, 4.69) is 16.0 Å². The average Bonchev–Trinajstić information content (AvgIpc) is 2.77. The summed E-state index contributed by atoms with van der Waals surface area (Å²) in [6.07, 6.45) is 0. The summed E-state index contributed by atoms with van der Waals surface area (Å²) in [5.74, 6) is 0.341. The van der Waals surface area contributed by atoms with E-state index in [1.54, 1.807) is 7.11 Å². The van der Waals surface area contributed by atoms with Gasteiger partial charge in [0.15, 0.2) is 0 Å². The predicted octanol–water partition coefficient (Wildman–Crippen LogP) is 4.34. The second-order valence-corrected chi connectivity index (χ2v) is 7.32. The summed E-state index contributed by atoms with van der Waals surface area (Å²) in [6.45, 7) is 3.87. The highest BCUT2D eigenvalue weighted by Gasteiger charge is 2.16. The molecule has 3 rings (SSSR count). The Morgan fingerprint density at radius 1 is 0.903 bits per heavy atom. The lowest BCUT2D eigenvalue weighted by Gasteiger charge is -2.20. The molecule has 0 aromatic heterocycles. The van der Waals surface area contributed by atoms with Crippen molar-refractivity contribution in [3.05, 3.63) is 95.1 Å². The maximum absolute atomic E-state index is 12.4. The average molecular weight is 418 g/mol. The van der Waals surface area contributed by atoms with Gasteiger partial charge in [-0.2, -0.15) is 0 Å². The summed E-state index contributed by atoms with van der Waals surface area (Å²) in [5.41, 5.74) is 4.71. The number of aryl methyl sites for hydroxylation is 2. The molecule has 31 heavy (non-hydrogen) atoms. The number of ether oxygens (including phenoxy) is 1. The summed E-state index contributed by atoms with van der Waals surface area (Å²) < 4.78 is 5.23. The fourth-order valence-corrected chi connectivity index (χ4v) is 3.34. The van der Waals surface area contributed by atoms with Crippen LogP contribution in [-0.4, -0.2) is 25.6 Å². The quantitative estimate of drug-likeness (QED) is 0.534.